The van der Waals surface area contributed by atoms with Gasteiger partial charge in [0.15, 0.2) is 0 Å². The van der Waals surface area contributed by atoms with Gasteiger partial charge in [0.2, 0.25) is 11.8 Å². The summed E-state index contributed by atoms with van der Waals surface area (Å²) in [7, 11) is 0. The predicted molar refractivity (Wildman–Crippen MR) is 101 cm³/mol. The Bertz CT molecular complexity index is 590. The minimum atomic E-state index is -0.112. The number of likely N-dealkylation sites (tertiary alicyclic amines) is 1. The average molecular weight is 366 g/mol. The molecule has 1 aromatic carbocycles. The fourth-order valence-electron chi connectivity index (χ4n) is 3.31. The Balaban J connectivity index is 2.00. The number of nitrogens with zero attached hydrogens (tertiary/aromatic N) is 2. The first kappa shape index (κ1) is 19.7. The lowest BCUT2D eigenvalue weighted by Crippen LogP contribution is -2.45. The van der Waals surface area contributed by atoms with Crippen molar-refractivity contribution in [2.75, 3.05) is 32.7 Å². The predicted octanol–water partition coefficient (Wildman–Crippen LogP) is 2.85. The Morgan fingerprint density at radius 2 is 2.00 bits per heavy atom. The van der Waals surface area contributed by atoms with E-state index in [9.17, 15) is 9.59 Å². The van der Waals surface area contributed by atoms with E-state index in [0.29, 0.717) is 24.5 Å². The number of benzene rings is 1. The lowest BCUT2D eigenvalue weighted by atomic mass is 10.0. The minimum absolute atomic E-state index is 0.0182. The highest BCUT2D eigenvalue weighted by Gasteiger charge is 2.23. The number of carbonyl (C=O) groups is 2. The second kappa shape index (κ2) is 9.78. The summed E-state index contributed by atoms with van der Waals surface area (Å²) in [6.45, 7) is 7.23. The van der Waals surface area contributed by atoms with Crippen LogP contribution >= 0.6 is 11.6 Å². The SMILES string of the molecule is CCN(CC)C(CNC(=O)CN1CCCCC1=O)c1ccccc1Cl. The first-order chi connectivity index (χ1) is 12.1. The molecule has 5 nitrogen and oxygen atoms in total. The molecule has 6 heteroatoms. The number of rotatable bonds is 8. The van der Waals surface area contributed by atoms with Gasteiger partial charge in [-0.15, -0.1) is 0 Å². The molecule has 0 saturated carbocycles. The van der Waals surface area contributed by atoms with Crippen molar-refractivity contribution in [3.63, 3.8) is 0 Å². The maximum Gasteiger partial charge on any atom is 0.239 e. The topological polar surface area (TPSA) is 52.7 Å². The Kier molecular flexibility index (Phi) is 7.72. The van der Waals surface area contributed by atoms with Gasteiger partial charge in [-0.3, -0.25) is 14.5 Å². The van der Waals surface area contributed by atoms with Crippen LogP contribution in [-0.2, 0) is 9.59 Å². The van der Waals surface area contributed by atoms with E-state index in [-0.39, 0.29) is 24.4 Å². The lowest BCUT2D eigenvalue weighted by Gasteiger charge is -2.31. The Labute approximate surface area is 155 Å². The van der Waals surface area contributed by atoms with E-state index in [1.807, 2.05) is 24.3 Å². The van der Waals surface area contributed by atoms with Crippen LogP contribution in [0.15, 0.2) is 24.3 Å². The first-order valence-corrected chi connectivity index (χ1v) is 9.47. The molecule has 1 saturated heterocycles. The van der Waals surface area contributed by atoms with Gasteiger partial charge in [-0.1, -0.05) is 43.6 Å². The largest absolute Gasteiger partial charge is 0.353 e. The van der Waals surface area contributed by atoms with Crippen molar-refractivity contribution in [3.05, 3.63) is 34.9 Å². The van der Waals surface area contributed by atoms with E-state index >= 15 is 0 Å². The number of carbonyl (C=O) groups excluding carboxylic acids is 2. The van der Waals surface area contributed by atoms with Gasteiger partial charge in [0.05, 0.1) is 12.6 Å². The summed E-state index contributed by atoms with van der Waals surface area (Å²) >= 11 is 6.37. The molecule has 0 spiro atoms. The molecule has 1 fully saturated rings. The van der Waals surface area contributed by atoms with Gasteiger partial charge in [-0.25, -0.2) is 0 Å². The van der Waals surface area contributed by atoms with Crippen molar-refractivity contribution >= 4 is 23.4 Å². The van der Waals surface area contributed by atoms with E-state index in [0.717, 1.165) is 31.5 Å². The van der Waals surface area contributed by atoms with Crippen LogP contribution in [0.2, 0.25) is 5.02 Å². The molecule has 1 aromatic rings. The van der Waals surface area contributed by atoms with Gasteiger partial charge in [0.1, 0.15) is 0 Å². The molecular weight excluding hydrogens is 338 g/mol. The maximum absolute atomic E-state index is 12.3. The third-order valence-electron chi connectivity index (χ3n) is 4.77. The van der Waals surface area contributed by atoms with Crippen molar-refractivity contribution in [2.24, 2.45) is 0 Å². The minimum Gasteiger partial charge on any atom is -0.353 e. The van der Waals surface area contributed by atoms with Gasteiger partial charge in [0, 0.05) is 24.5 Å². The van der Waals surface area contributed by atoms with Gasteiger partial charge < -0.3 is 10.2 Å². The van der Waals surface area contributed by atoms with Crippen LogP contribution < -0.4 is 5.32 Å². The van der Waals surface area contributed by atoms with Gasteiger partial charge >= 0.3 is 0 Å². The highest BCUT2D eigenvalue weighted by atomic mass is 35.5. The Morgan fingerprint density at radius 1 is 1.28 bits per heavy atom. The standard InChI is InChI=1S/C19H28ClN3O2/c1-3-22(4-2)17(15-9-5-6-10-16(15)20)13-21-18(24)14-23-12-8-7-11-19(23)25/h5-6,9-10,17H,3-4,7-8,11-14H2,1-2H3,(H,21,24). The number of nitrogens with one attached hydrogen (secondary N) is 1. The van der Waals surface area contributed by atoms with E-state index in [1.54, 1.807) is 4.90 Å². The number of hydrogen-bond donors (Lipinski definition) is 1. The van der Waals surface area contributed by atoms with Crippen LogP contribution in [0.3, 0.4) is 0 Å². The van der Waals surface area contributed by atoms with Crippen LogP contribution in [0.5, 0.6) is 0 Å². The molecule has 0 bridgehead atoms. The summed E-state index contributed by atoms with van der Waals surface area (Å²) < 4.78 is 0. The van der Waals surface area contributed by atoms with Crippen LogP contribution in [0, 0.1) is 0 Å². The normalized spacial score (nSPS) is 16.2. The van der Waals surface area contributed by atoms with Gasteiger partial charge in [-0.05, 0) is 37.6 Å². The van der Waals surface area contributed by atoms with E-state index < -0.39 is 0 Å². The molecule has 0 aromatic heterocycles. The Morgan fingerprint density at radius 3 is 2.64 bits per heavy atom. The van der Waals surface area contributed by atoms with Gasteiger partial charge in [-0.2, -0.15) is 0 Å². The van der Waals surface area contributed by atoms with E-state index in [1.165, 1.54) is 0 Å². The number of likely N-dealkylation sites (N-methyl/N-ethyl adjacent to an activating group) is 1. The summed E-state index contributed by atoms with van der Waals surface area (Å²) in [6, 6.07) is 7.77. The van der Waals surface area contributed by atoms with E-state index in [4.69, 9.17) is 11.6 Å². The zero-order valence-corrected chi connectivity index (χ0v) is 15.9. The summed E-state index contributed by atoms with van der Waals surface area (Å²) in [4.78, 5) is 28.1. The molecule has 1 unspecified atom stereocenters. The average Bonchev–Trinajstić information content (AvgIpc) is 2.61. The molecule has 2 amide bonds. The summed E-state index contributed by atoms with van der Waals surface area (Å²) in [5, 5.41) is 3.70. The number of halogens is 1. The van der Waals surface area contributed by atoms with E-state index in [2.05, 4.69) is 24.1 Å². The van der Waals surface area contributed by atoms with Crippen LogP contribution in [0.1, 0.15) is 44.7 Å². The summed E-state index contributed by atoms with van der Waals surface area (Å²) in [6.07, 6.45) is 2.45. The molecule has 1 aliphatic rings. The Hall–Kier alpha value is -1.59. The quantitative estimate of drug-likeness (QED) is 0.770. The molecule has 1 heterocycles. The van der Waals surface area contributed by atoms with Crippen LogP contribution in [0.25, 0.3) is 0 Å². The zero-order valence-electron chi connectivity index (χ0n) is 15.1. The fraction of sp³-hybridized carbons (Fsp3) is 0.579. The molecule has 1 N–H and O–H groups in total. The second-order valence-electron chi connectivity index (χ2n) is 6.33. The second-order valence-corrected chi connectivity index (χ2v) is 6.74. The molecule has 1 atom stereocenters. The highest BCUT2D eigenvalue weighted by molar-refractivity contribution is 6.31. The van der Waals surface area contributed by atoms with Crippen molar-refractivity contribution in [1.82, 2.24) is 15.1 Å². The monoisotopic (exact) mass is 365 g/mol. The summed E-state index contributed by atoms with van der Waals surface area (Å²) in [5.74, 6) is -0.0349. The lowest BCUT2D eigenvalue weighted by molar-refractivity contribution is -0.137. The molecular formula is C19H28ClN3O2. The van der Waals surface area contributed by atoms with Crippen molar-refractivity contribution in [3.8, 4) is 0 Å². The molecule has 2 rings (SSSR count). The van der Waals surface area contributed by atoms with Crippen molar-refractivity contribution in [2.45, 2.75) is 39.2 Å². The maximum atomic E-state index is 12.3. The van der Waals surface area contributed by atoms with Gasteiger partial charge in [0.25, 0.3) is 0 Å². The first-order valence-electron chi connectivity index (χ1n) is 9.09. The smallest absolute Gasteiger partial charge is 0.239 e. The van der Waals surface area contributed by atoms with Crippen molar-refractivity contribution in [1.29, 1.82) is 0 Å². The summed E-state index contributed by atoms with van der Waals surface area (Å²) in [5.41, 5.74) is 1.02. The molecule has 138 valence electrons. The number of amides is 2. The third-order valence-corrected chi connectivity index (χ3v) is 5.11. The number of piperidine rings is 1. The molecule has 0 aliphatic carbocycles. The van der Waals surface area contributed by atoms with Crippen LogP contribution in [0.4, 0.5) is 0 Å². The highest BCUT2D eigenvalue weighted by Crippen LogP contribution is 2.26. The third kappa shape index (κ3) is 5.44. The number of hydrogen-bond acceptors (Lipinski definition) is 3. The molecule has 25 heavy (non-hydrogen) atoms. The molecule has 1 aliphatic heterocycles. The van der Waals surface area contributed by atoms with Crippen LogP contribution in [-0.4, -0.2) is 54.3 Å². The zero-order chi connectivity index (χ0) is 18.2. The molecule has 0 radical (unpaired) electrons. The fourth-order valence-corrected chi connectivity index (χ4v) is 3.58. The van der Waals surface area contributed by atoms with Crippen molar-refractivity contribution < 1.29 is 9.59 Å².